The summed E-state index contributed by atoms with van der Waals surface area (Å²) in [6.07, 6.45) is 2.76. The Morgan fingerprint density at radius 3 is 2.75 bits per heavy atom. The topological polar surface area (TPSA) is 105 Å². The fourth-order valence-corrected chi connectivity index (χ4v) is 4.98. The van der Waals surface area contributed by atoms with E-state index in [0.29, 0.717) is 28.6 Å². The molecule has 2 fully saturated rings. The van der Waals surface area contributed by atoms with Gasteiger partial charge >= 0.3 is 0 Å². The third-order valence-electron chi connectivity index (χ3n) is 6.70. The predicted molar refractivity (Wildman–Crippen MR) is 117 cm³/mol. The number of nitrogens with one attached hydrogen (secondary N) is 1. The molecule has 3 aromatic rings. The minimum Gasteiger partial charge on any atom is -0.507 e. The monoisotopic (exact) mass is 438 g/mol. The lowest BCUT2D eigenvalue weighted by atomic mass is 9.74. The number of rotatable bonds is 4. The number of aryl methyl sites for hydroxylation is 1. The van der Waals surface area contributed by atoms with Crippen LogP contribution in [0.15, 0.2) is 30.3 Å². The molecule has 5 rings (SSSR count). The maximum absolute atomic E-state index is 15.2. The number of anilines is 1. The Labute approximate surface area is 185 Å². The highest BCUT2D eigenvalue weighted by Gasteiger charge is 2.47. The summed E-state index contributed by atoms with van der Waals surface area (Å²) in [6, 6.07) is 8.33. The van der Waals surface area contributed by atoms with Gasteiger partial charge in [-0.1, -0.05) is 0 Å². The number of piperidine rings is 2. The largest absolute Gasteiger partial charge is 0.507 e. The minimum absolute atomic E-state index is 0.0378. The van der Waals surface area contributed by atoms with E-state index in [1.807, 2.05) is 18.0 Å². The highest BCUT2D eigenvalue weighted by Crippen LogP contribution is 2.38. The van der Waals surface area contributed by atoms with Crippen molar-refractivity contribution in [2.24, 2.45) is 0 Å². The summed E-state index contributed by atoms with van der Waals surface area (Å²) in [7, 11) is 1.88. The van der Waals surface area contributed by atoms with Crippen LogP contribution in [-0.4, -0.2) is 66.4 Å². The van der Waals surface area contributed by atoms with Gasteiger partial charge in [0.15, 0.2) is 11.6 Å². The van der Waals surface area contributed by atoms with Crippen LogP contribution in [0.3, 0.4) is 0 Å². The van der Waals surface area contributed by atoms with Crippen LogP contribution in [0, 0.1) is 6.92 Å². The number of fused-ring (bicyclic) bond motifs is 2. The molecule has 168 valence electrons. The highest BCUT2D eigenvalue weighted by molar-refractivity contribution is 5.68. The molecule has 2 N–H and O–H groups in total. The molecular formula is C22H27FN8O. The number of hydrogen-bond donors (Lipinski definition) is 2. The van der Waals surface area contributed by atoms with Gasteiger partial charge in [-0.2, -0.15) is 0 Å². The van der Waals surface area contributed by atoms with Crippen molar-refractivity contribution in [3.05, 3.63) is 36.2 Å². The average Bonchev–Trinajstić information content (AvgIpc) is 3.22. The predicted octanol–water partition coefficient (Wildman–Crippen LogP) is 2.58. The Kier molecular flexibility index (Phi) is 5.04. The molecule has 32 heavy (non-hydrogen) atoms. The second-order valence-corrected chi connectivity index (χ2v) is 9.13. The number of benzene rings is 1. The molecule has 0 amide bonds. The SMILES string of the molecule is Cc1nnn(-c2ccc(-c3ccc(N(C)[C@@H]4C[C@@]5(C)CCC[C@H](N5)[C@H]4F)nn3)c(O)c2)n1. The third-order valence-corrected chi connectivity index (χ3v) is 6.70. The first kappa shape index (κ1) is 20.7. The molecular weight excluding hydrogens is 411 g/mol. The second kappa shape index (κ2) is 7.77. The molecule has 0 spiro atoms. The maximum Gasteiger partial charge on any atom is 0.172 e. The summed E-state index contributed by atoms with van der Waals surface area (Å²) in [5.41, 5.74) is 1.62. The Morgan fingerprint density at radius 2 is 2.06 bits per heavy atom. The van der Waals surface area contributed by atoms with E-state index in [2.05, 4.69) is 37.8 Å². The number of phenolic OH excluding ortho intramolecular Hbond substituents is 1. The normalized spacial score (nSPS) is 27.3. The van der Waals surface area contributed by atoms with Crippen LogP contribution in [0.25, 0.3) is 16.9 Å². The molecule has 2 aromatic heterocycles. The Hall–Kier alpha value is -3.14. The molecule has 0 unspecified atom stereocenters. The number of aromatic hydroxyl groups is 1. The number of halogens is 1. The number of aromatic nitrogens is 6. The van der Waals surface area contributed by atoms with Gasteiger partial charge in [0.1, 0.15) is 11.9 Å². The quantitative estimate of drug-likeness (QED) is 0.641. The molecule has 2 aliphatic rings. The van der Waals surface area contributed by atoms with E-state index in [9.17, 15) is 5.11 Å². The van der Waals surface area contributed by atoms with Gasteiger partial charge in [-0.05, 0) is 69.0 Å². The average molecular weight is 439 g/mol. The Morgan fingerprint density at radius 1 is 1.22 bits per heavy atom. The standard InChI is InChI=1S/C22H27FN8O/c1-13-25-29-31(28-13)14-6-7-15(19(32)11-14)16-8-9-20(27-26-16)30(3)18-12-22(2)10-4-5-17(24-22)21(18)23/h6-9,11,17-18,21,24,32H,4-5,10,12H2,1-3H3/t17-,18+,21+,22+/m0/s1. The molecule has 9 nitrogen and oxygen atoms in total. The zero-order valence-corrected chi connectivity index (χ0v) is 18.4. The summed E-state index contributed by atoms with van der Waals surface area (Å²) >= 11 is 0. The summed E-state index contributed by atoms with van der Waals surface area (Å²) in [5, 5.41) is 34.6. The van der Waals surface area contributed by atoms with Crippen molar-refractivity contribution < 1.29 is 9.50 Å². The van der Waals surface area contributed by atoms with Gasteiger partial charge in [0, 0.05) is 30.3 Å². The van der Waals surface area contributed by atoms with Crippen LogP contribution >= 0.6 is 0 Å². The molecule has 0 aliphatic carbocycles. The number of phenols is 1. The summed E-state index contributed by atoms with van der Waals surface area (Å²) in [4.78, 5) is 3.26. The van der Waals surface area contributed by atoms with Gasteiger partial charge in [-0.25, -0.2) is 4.39 Å². The molecule has 10 heteroatoms. The molecule has 4 atom stereocenters. The first-order chi connectivity index (χ1) is 15.3. The number of tetrazole rings is 1. The molecule has 0 radical (unpaired) electrons. The van der Waals surface area contributed by atoms with Crippen LogP contribution in [0.5, 0.6) is 5.75 Å². The van der Waals surface area contributed by atoms with Gasteiger partial charge in [-0.3, -0.25) is 0 Å². The maximum atomic E-state index is 15.2. The van der Waals surface area contributed by atoms with E-state index in [4.69, 9.17) is 0 Å². The smallest absolute Gasteiger partial charge is 0.172 e. The van der Waals surface area contributed by atoms with Crippen molar-refractivity contribution in [1.82, 2.24) is 35.7 Å². The molecule has 2 saturated heterocycles. The number of alkyl halides is 1. The van der Waals surface area contributed by atoms with Gasteiger partial charge in [-0.15, -0.1) is 25.2 Å². The highest BCUT2D eigenvalue weighted by atomic mass is 19.1. The van der Waals surface area contributed by atoms with Crippen LogP contribution in [-0.2, 0) is 0 Å². The molecule has 2 bridgehead atoms. The molecule has 2 aliphatic heterocycles. The van der Waals surface area contributed by atoms with Crippen LogP contribution < -0.4 is 10.2 Å². The zero-order chi connectivity index (χ0) is 22.5. The van der Waals surface area contributed by atoms with Crippen LogP contribution in [0.2, 0.25) is 0 Å². The van der Waals surface area contributed by atoms with E-state index < -0.39 is 6.17 Å². The first-order valence-electron chi connectivity index (χ1n) is 10.9. The first-order valence-corrected chi connectivity index (χ1v) is 10.9. The van der Waals surface area contributed by atoms with E-state index in [0.717, 1.165) is 25.7 Å². The fourth-order valence-electron chi connectivity index (χ4n) is 4.98. The Bertz CT molecular complexity index is 1120. The van der Waals surface area contributed by atoms with E-state index in [-0.39, 0.29) is 23.4 Å². The molecule has 4 heterocycles. The lowest BCUT2D eigenvalue weighted by Gasteiger charge is -2.51. The van der Waals surface area contributed by atoms with E-state index in [1.165, 1.54) is 4.80 Å². The summed E-state index contributed by atoms with van der Waals surface area (Å²) in [6.45, 7) is 3.93. The van der Waals surface area contributed by atoms with Crippen molar-refractivity contribution >= 4 is 5.82 Å². The van der Waals surface area contributed by atoms with E-state index >= 15 is 4.39 Å². The van der Waals surface area contributed by atoms with Gasteiger partial charge in [0.25, 0.3) is 0 Å². The van der Waals surface area contributed by atoms with Crippen molar-refractivity contribution in [3.63, 3.8) is 0 Å². The summed E-state index contributed by atoms with van der Waals surface area (Å²) in [5.74, 6) is 1.19. The van der Waals surface area contributed by atoms with Crippen LogP contribution in [0.1, 0.15) is 38.4 Å². The lowest BCUT2D eigenvalue weighted by molar-refractivity contribution is 0.0607. The van der Waals surface area contributed by atoms with Crippen molar-refractivity contribution in [1.29, 1.82) is 0 Å². The fraction of sp³-hybridized carbons (Fsp3) is 0.500. The Balaban J connectivity index is 1.36. The van der Waals surface area contributed by atoms with Gasteiger partial charge in [0.2, 0.25) is 0 Å². The van der Waals surface area contributed by atoms with Gasteiger partial charge < -0.3 is 15.3 Å². The zero-order valence-electron chi connectivity index (χ0n) is 18.4. The molecule has 0 saturated carbocycles. The number of nitrogens with zero attached hydrogens (tertiary/aromatic N) is 7. The second-order valence-electron chi connectivity index (χ2n) is 9.13. The van der Waals surface area contributed by atoms with Crippen molar-refractivity contribution in [2.75, 3.05) is 11.9 Å². The van der Waals surface area contributed by atoms with Crippen molar-refractivity contribution in [3.8, 4) is 22.7 Å². The third kappa shape index (κ3) is 3.68. The summed E-state index contributed by atoms with van der Waals surface area (Å²) < 4.78 is 15.2. The minimum atomic E-state index is -0.958. The molecule has 1 aromatic carbocycles. The lowest BCUT2D eigenvalue weighted by Crippen LogP contribution is -2.66. The number of hydrogen-bond acceptors (Lipinski definition) is 8. The van der Waals surface area contributed by atoms with Crippen molar-refractivity contribution in [2.45, 2.75) is 63.3 Å². The van der Waals surface area contributed by atoms with Gasteiger partial charge in [0.05, 0.1) is 17.4 Å². The van der Waals surface area contributed by atoms with Crippen LogP contribution in [0.4, 0.5) is 10.2 Å². The van der Waals surface area contributed by atoms with E-state index in [1.54, 1.807) is 31.2 Å².